The van der Waals surface area contributed by atoms with Crippen LogP contribution in [0.25, 0.3) is 0 Å². The lowest BCUT2D eigenvalue weighted by Gasteiger charge is -2.19. The van der Waals surface area contributed by atoms with Crippen molar-refractivity contribution in [2.75, 3.05) is 18.4 Å². The van der Waals surface area contributed by atoms with Crippen molar-refractivity contribution in [1.82, 2.24) is 5.06 Å². The van der Waals surface area contributed by atoms with Gasteiger partial charge in [0.05, 0.1) is 24.1 Å². The number of carbonyl (C=O) groups excluding carboxylic acids is 1. The number of sulfonamides is 1. The first kappa shape index (κ1) is 24.7. The summed E-state index contributed by atoms with van der Waals surface area (Å²) in [6, 6.07) is 18.5. The summed E-state index contributed by atoms with van der Waals surface area (Å²) >= 11 is 0. The maximum absolute atomic E-state index is 12.9. The number of carbonyl (C=O) groups is 2. The molecule has 2 N–H and O–H groups in total. The molecule has 3 rings (SSSR count). The number of amides is 1. The van der Waals surface area contributed by atoms with Crippen molar-refractivity contribution in [3.05, 3.63) is 83.9 Å². The van der Waals surface area contributed by atoms with Crippen molar-refractivity contribution in [3.8, 4) is 11.5 Å². The van der Waals surface area contributed by atoms with E-state index in [4.69, 9.17) is 14.7 Å². The predicted molar refractivity (Wildman–Crippen MR) is 125 cm³/mol. The molecule has 1 amide bonds. The van der Waals surface area contributed by atoms with E-state index in [1.54, 1.807) is 49.4 Å². The van der Waals surface area contributed by atoms with E-state index in [1.165, 1.54) is 37.4 Å². The van der Waals surface area contributed by atoms with Gasteiger partial charge in [-0.2, -0.15) is 0 Å². The second-order valence-electron chi connectivity index (χ2n) is 7.13. The van der Waals surface area contributed by atoms with Gasteiger partial charge in [0.2, 0.25) is 0 Å². The third-order valence-electron chi connectivity index (χ3n) is 4.76. The topological polar surface area (TPSA) is 122 Å². The number of hydroxylamine groups is 2. The molecule has 0 aliphatic carbocycles. The summed E-state index contributed by atoms with van der Waals surface area (Å²) in [4.78, 5) is 28.7. The van der Waals surface area contributed by atoms with E-state index in [9.17, 15) is 18.0 Å². The zero-order valence-corrected chi connectivity index (χ0v) is 19.4. The van der Waals surface area contributed by atoms with Crippen LogP contribution in [0, 0.1) is 0 Å². The Balaban J connectivity index is 1.97. The van der Waals surface area contributed by atoms with Crippen LogP contribution in [0.5, 0.6) is 11.5 Å². The largest absolute Gasteiger partial charge is 0.481 e. The molecule has 0 aromatic heterocycles. The smallest absolute Gasteiger partial charge is 0.307 e. The number of benzene rings is 3. The van der Waals surface area contributed by atoms with Gasteiger partial charge < -0.3 is 9.84 Å². The van der Waals surface area contributed by atoms with Crippen LogP contribution in [0.4, 0.5) is 5.69 Å². The van der Waals surface area contributed by atoms with Crippen LogP contribution >= 0.6 is 0 Å². The summed E-state index contributed by atoms with van der Waals surface area (Å²) in [6.45, 7) is 2.03. The van der Waals surface area contributed by atoms with Gasteiger partial charge in [0.1, 0.15) is 5.75 Å². The second kappa shape index (κ2) is 10.8. The lowest BCUT2D eigenvalue weighted by Crippen LogP contribution is -2.29. The Bertz CT molecular complexity index is 1260. The number of nitrogens with zero attached hydrogens (tertiary/aromatic N) is 1. The van der Waals surface area contributed by atoms with Gasteiger partial charge in [0, 0.05) is 12.1 Å². The third kappa shape index (κ3) is 6.12. The summed E-state index contributed by atoms with van der Waals surface area (Å²) in [6.07, 6.45) is -0.132. The van der Waals surface area contributed by atoms with Gasteiger partial charge in [-0.15, -0.1) is 0 Å². The van der Waals surface area contributed by atoms with E-state index in [0.29, 0.717) is 17.9 Å². The minimum Gasteiger partial charge on any atom is -0.481 e. The maximum atomic E-state index is 12.9. The van der Waals surface area contributed by atoms with Crippen LogP contribution < -0.4 is 9.46 Å². The number of carboxylic acids is 1. The average Bonchev–Trinajstić information content (AvgIpc) is 2.82. The number of anilines is 1. The number of carboxylic acid groups (broad SMARTS) is 1. The molecule has 0 spiro atoms. The van der Waals surface area contributed by atoms with Crippen molar-refractivity contribution in [3.63, 3.8) is 0 Å². The Morgan fingerprint density at radius 2 is 1.68 bits per heavy atom. The first-order chi connectivity index (χ1) is 16.2. The molecule has 0 saturated heterocycles. The lowest BCUT2D eigenvalue weighted by molar-refractivity contribution is -0.136. The quantitative estimate of drug-likeness (QED) is 0.418. The molecular weight excluding hydrogens is 460 g/mol. The third-order valence-corrected chi connectivity index (χ3v) is 6.15. The number of aliphatic carboxylic acids is 1. The highest BCUT2D eigenvalue weighted by Crippen LogP contribution is 2.33. The van der Waals surface area contributed by atoms with Gasteiger partial charge in [-0.25, -0.2) is 13.5 Å². The predicted octanol–water partition coefficient (Wildman–Crippen LogP) is 3.93. The average molecular weight is 485 g/mol. The number of rotatable bonds is 10. The molecule has 3 aromatic rings. The maximum Gasteiger partial charge on any atom is 0.307 e. The Morgan fingerprint density at radius 3 is 2.26 bits per heavy atom. The molecule has 178 valence electrons. The fraction of sp³-hybridized carbons (Fsp3) is 0.167. The van der Waals surface area contributed by atoms with Gasteiger partial charge in [-0.1, -0.05) is 30.3 Å². The molecule has 34 heavy (non-hydrogen) atoms. The number of nitrogens with one attached hydrogen (secondary N) is 1. The first-order valence-corrected chi connectivity index (χ1v) is 11.8. The van der Waals surface area contributed by atoms with Crippen LogP contribution in [0.3, 0.4) is 0 Å². The van der Waals surface area contributed by atoms with E-state index in [2.05, 4.69) is 4.72 Å². The van der Waals surface area contributed by atoms with E-state index in [-0.39, 0.29) is 28.3 Å². The molecule has 9 nitrogen and oxygen atoms in total. The molecular formula is C24H24N2O7S. The first-order valence-electron chi connectivity index (χ1n) is 10.3. The number of hydrogen-bond acceptors (Lipinski definition) is 6. The van der Waals surface area contributed by atoms with Crippen molar-refractivity contribution < 1.29 is 32.7 Å². The normalized spacial score (nSPS) is 11.0. The molecule has 0 unspecified atom stereocenters. The molecule has 0 bridgehead atoms. The summed E-state index contributed by atoms with van der Waals surface area (Å²) in [7, 11) is -2.61. The molecule has 10 heteroatoms. The highest BCUT2D eigenvalue weighted by Gasteiger charge is 2.21. The Morgan fingerprint density at radius 1 is 1.00 bits per heavy atom. The van der Waals surface area contributed by atoms with E-state index >= 15 is 0 Å². The van der Waals surface area contributed by atoms with Gasteiger partial charge in [-0.3, -0.25) is 19.1 Å². The van der Waals surface area contributed by atoms with E-state index < -0.39 is 21.9 Å². The Labute approximate surface area is 197 Å². The standard InChI is InChI=1S/C24H24N2O7S/c1-3-26(32-2)24(29)18-11-14-22(33-19-12-9-17(10-13-19)15-23(27)28)21(16-18)25-34(30,31)20-7-5-4-6-8-20/h4-14,16,25H,3,15H2,1-2H3,(H,27,28). The van der Waals surface area contributed by atoms with Crippen LogP contribution in [0.15, 0.2) is 77.7 Å². The zero-order valence-electron chi connectivity index (χ0n) is 18.6. The van der Waals surface area contributed by atoms with Crippen molar-refractivity contribution in [1.29, 1.82) is 0 Å². The minimum absolute atomic E-state index is 0.0442. The van der Waals surface area contributed by atoms with Crippen LogP contribution in [-0.4, -0.2) is 44.1 Å². The fourth-order valence-corrected chi connectivity index (χ4v) is 4.19. The van der Waals surface area contributed by atoms with Gasteiger partial charge >= 0.3 is 5.97 Å². The molecule has 3 aromatic carbocycles. The van der Waals surface area contributed by atoms with Crippen molar-refractivity contribution in [2.24, 2.45) is 0 Å². The molecule has 0 radical (unpaired) electrons. The van der Waals surface area contributed by atoms with Crippen molar-refractivity contribution >= 4 is 27.6 Å². The molecule has 0 aliphatic rings. The highest BCUT2D eigenvalue weighted by molar-refractivity contribution is 7.92. The lowest BCUT2D eigenvalue weighted by atomic mass is 10.1. The molecule has 0 fully saturated rings. The highest BCUT2D eigenvalue weighted by atomic mass is 32.2. The van der Waals surface area contributed by atoms with Gasteiger partial charge in [0.25, 0.3) is 15.9 Å². The Kier molecular flexibility index (Phi) is 7.87. The van der Waals surface area contributed by atoms with Gasteiger partial charge in [0.15, 0.2) is 5.75 Å². The Hall–Kier alpha value is -3.89. The zero-order chi connectivity index (χ0) is 24.7. The molecule has 0 saturated carbocycles. The van der Waals surface area contributed by atoms with Crippen LogP contribution in [0.2, 0.25) is 0 Å². The minimum atomic E-state index is -3.97. The molecule has 0 heterocycles. The molecule has 0 atom stereocenters. The SMILES string of the molecule is CCN(OC)C(=O)c1ccc(Oc2ccc(CC(=O)O)cc2)c(NS(=O)(=O)c2ccccc2)c1. The summed E-state index contributed by atoms with van der Waals surface area (Å²) in [5.74, 6) is -0.888. The van der Waals surface area contributed by atoms with Crippen LogP contribution in [-0.2, 0) is 26.1 Å². The number of hydrogen-bond donors (Lipinski definition) is 2. The molecule has 0 aliphatic heterocycles. The fourth-order valence-electron chi connectivity index (χ4n) is 3.11. The summed E-state index contributed by atoms with van der Waals surface area (Å²) in [5, 5.41) is 10.1. The van der Waals surface area contributed by atoms with Gasteiger partial charge in [-0.05, 0) is 55.0 Å². The van der Waals surface area contributed by atoms with E-state index in [0.717, 1.165) is 5.06 Å². The second-order valence-corrected chi connectivity index (χ2v) is 8.81. The summed E-state index contributed by atoms with van der Waals surface area (Å²) in [5.41, 5.74) is 0.833. The van der Waals surface area contributed by atoms with Crippen LogP contribution in [0.1, 0.15) is 22.8 Å². The van der Waals surface area contributed by atoms with Crippen molar-refractivity contribution in [2.45, 2.75) is 18.2 Å². The monoisotopic (exact) mass is 484 g/mol. The summed E-state index contributed by atoms with van der Waals surface area (Å²) < 4.78 is 34.2. The number of ether oxygens (including phenoxy) is 1. The van der Waals surface area contributed by atoms with E-state index in [1.807, 2.05) is 0 Å².